The monoisotopic (exact) mass is 804 g/mol. The lowest BCUT2D eigenvalue weighted by molar-refractivity contribution is 0.306. The Hall–Kier alpha value is -4.83. The molecule has 0 atom stereocenters. The van der Waals surface area contributed by atoms with Gasteiger partial charge in [0.05, 0.1) is 29.4 Å². The number of hydrogen-bond acceptors (Lipinski definition) is 4. The van der Waals surface area contributed by atoms with Gasteiger partial charge in [0.25, 0.3) is 0 Å². The average Bonchev–Trinajstić information content (AvgIpc) is 3.26. The Morgan fingerprint density at radius 3 is 1.55 bits per heavy atom. The van der Waals surface area contributed by atoms with Crippen molar-refractivity contribution in [3.63, 3.8) is 0 Å². The van der Waals surface area contributed by atoms with Crippen molar-refractivity contribution in [1.82, 2.24) is 4.98 Å². The van der Waals surface area contributed by atoms with Gasteiger partial charge in [-0.1, -0.05) is 201 Å². The number of rotatable bonds is 27. The number of nitrogens with zero attached hydrogens (tertiary/aromatic N) is 3. The lowest BCUT2D eigenvalue weighted by Gasteiger charge is -2.18. The summed E-state index contributed by atoms with van der Waals surface area (Å²) in [6.45, 7) is 11.4. The molecule has 5 aromatic rings. The van der Waals surface area contributed by atoms with Crippen molar-refractivity contribution in [3.05, 3.63) is 131 Å². The molecule has 0 unspecified atom stereocenters. The van der Waals surface area contributed by atoms with Gasteiger partial charge in [0.1, 0.15) is 5.75 Å². The molecule has 4 aromatic carbocycles. The molecule has 4 heteroatoms. The van der Waals surface area contributed by atoms with E-state index in [4.69, 9.17) is 19.7 Å². The molecule has 1 heterocycles. The summed E-state index contributed by atoms with van der Waals surface area (Å²) in [6, 6.07) is 36.1. The van der Waals surface area contributed by atoms with Crippen LogP contribution in [0.2, 0.25) is 0 Å². The summed E-state index contributed by atoms with van der Waals surface area (Å²) in [5.74, 6) is 0.925. The summed E-state index contributed by atoms with van der Waals surface area (Å²) in [6.07, 6.45) is 27.3. The lowest BCUT2D eigenvalue weighted by atomic mass is 9.96. The van der Waals surface area contributed by atoms with Crippen LogP contribution in [0.5, 0.6) is 5.75 Å². The Morgan fingerprint density at radius 1 is 0.567 bits per heavy atom. The molecule has 0 N–H and O–H groups in total. The molecule has 0 saturated heterocycles. The van der Waals surface area contributed by atoms with Gasteiger partial charge in [0, 0.05) is 29.5 Å². The van der Waals surface area contributed by atoms with E-state index in [9.17, 15) is 0 Å². The molecule has 318 valence electrons. The first-order valence-corrected chi connectivity index (χ1v) is 23.5. The maximum absolute atomic E-state index is 6.78. The van der Waals surface area contributed by atoms with E-state index in [1.165, 1.54) is 126 Å². The summed E-state index contributed by atoms with van der Waals surface area (Å²) in [7, 11) is 0. The molecule has 0 amide bonds. The second-order valence-corrected chi connectivity index (χ2v) is 16.9. The smallest absolute Gasteiger partial charge is 0.135 e. The van der Waals surface area contributed by atoms with Gasteiger partial charge in [0.15, 0.2) is 0 Å². The topological polar surface area (TPSA) is 46.8 Å². The number of hydrogen-bond donors (Lipinski definition) is 0. The summed E-state index contributed by atoms with van der Waals surface area (Å²) in [4.78, 5) is 15.0. The van der Waals surface area contributed by atoms with Crippen LogP contribution in [0.15, 0.2) is 113 Å². The minimum absolute atomic E-state index is 0.649. The normalized spacial score (nSPS) is 11.8. The minimum atomic E-state index is 0.649. The second kappa shape index (κ2) is 26.4. The van der Waals surface area contributed by atoms with E-state index < -0.39 is 0 Å². The number of unbranched alkanes of at least 4 members (excludes halogenated alkanes) is 17. The molecule has 1 aromatic heterocycles. The van der Waals surface area contributed by atoms with E-state index >= 15 is 0 Å². The third-order valence-electron chi connectivity index (χ3n) is 11.6. The van der Waals surface area contributed by atoms with Crippen LogP contribution in [0.25, 0.3) is 22.3 Å². The summed E-state index contributed by atoms with van der Waals surface area (Å²) in [5.41, 5.74) is 12.6. The Kier molecular flexibility index (Phi) is 20.3. The molecule has 4 nitrogen and oxygen atoms in total. The van der Waals surface area contributed by atoms with E-state index in [2.05, 4.69) is 125 Å². The fourth-order valence-electron chi connectivity index (χ4n) is 8.33. The Morgan fingerprint density at radius 2 is 1.05 bits per heavy atom. The maximum Gasteiger partial charge on any atom is 0.135 e. The van der Waals surface area contributed by atoms with E-state index in [1.807, 2.05) is 19.2 Å². The van der Waals surface area contributed by atoms with Crippen molar-refractivity contribution < 1.29 is 4.74 Å². The third-order valence-corrected chi connectivity index (χ3v) is 11.6. The fourth-order valence-corrected chi connectivity index (χ4v) is 8.33. The SMILES string of the molecule is CCCCCCCCCCCCCCCCCCCCOc1c(-c2ccccc2)cc(N=C(C)c2cccc(CC=Nc3c(C)cc(C)cc3C)n2)cc1-c1ccccc1. The van der Waals surface area contributed by atoms with E-state index in [1.54, 1.807) is 0 Å². The second-order valence-electron chi connectivity index (χ2n) is 16.9. The average molecular weight is 804 g/mol. The number of aromatic nitrogens is 1. The number of benzene rings is 4. The zero-order valence-corrected chi connectivity index (χ0v) is 37.8. The molecule has 5 rings (SSSR count). The Bertz CT molecular complexity index is 1960. The minimum Gasteiger partial charge on any atom is -0.492 e. The lowest BCUT2D eigenvalue weighted by Crippen LogP contribution is -2.03. The Balaban J connectivity index is 1.17. The van der Waals surface area contributed by atoms with Crippen molar-refractivity contribution in [2.45, 2.75) is 157 Å². The molecule has 0 bridgehead atoms. The van der Waals surface area contributed by atoms with Crippen molar-refractivity contribution >= 4 is 23.3 Å². The molecule has 0 saturated carbocycles. The number of pyridine rings is 1. The molecule has 0 aliphatic heterocycles. The van der Waals surface area contributed by atoms with Gasteiger partial charge in [-0.15, -0.1) is 0 Å². The Labute approximate surface area is 364 Å². The molecule has 0 radical (unpaired) electrons. The van der Waals surface area contributed by atoms with Crippen LogP contribution in [0.4, 0.5) is 11.4 Å². The van der Waals surface area contributed by atoms with Gasteiger partial charge < -0.3 is 4.74 Å². The first-order chi connectivity index (χ1) is 29.4. The predicted octanol–water partition coefficient (Wildman–Crippen LogP) is 16.8. The van der Waals surface area contributed by atoms with Crippen LogP contribution >= 0.6 is 0 Å². The van der Waals surface area contributed by atoms with Crippen LogP contribution in [-0.2, 0) is 6.42 Å². The van der Waals surface area contributed by atoms with Gasteiger partial charge in [0.2, 0.25) is 0 Å². The van der Waals surface area contributed by atoms with Crippen molar-refractivity contribution in [2.24, 2.45) is 9.98 Å². The molecule has 0 aliphatic carbocycles. The van der Waals surface area contributed by atoms with Crippen molar-refractivity contribution in [1.29, 1.82) is 0 Å². The van der Waals surface area contributed by atoms with Crippen LogP contribution < -0.4 is 4.74 Å². The zero-order chi connectivity index (χ0) is 42.2. The first kappa shape index (κ1) is 46.2. The van der Waals surface area contributed by atoms with E-state index in [-0.39, 0.29) is 0 Å². The van der Waals surface area contributed by atoms with Crippen LogP contribution in [0.1, 0.15) is 158 Å². The summed E-state index contributed by atoms with van der Waals surface area (Å²) < 4.78 is 6.78. The molecular formula is C56H73N3O. The predicted molar refractivity (Wildman–Crippen MR) is 260 cm³/mol. The van der Waals surface area contributed by atoms with Gasteiger partial charge in [-0.05, 0) is 80.6 Å². The van der Waals surface area contributed by atoms with Crippen molar-refractivity contribution in [2.75, 3.05) is 6.61 Å². The third kappa shape index (κ3) is 15.6. The summed E-state index contributed by atoms with van der Waals surface area (Å²) >= 11 is 0. The molecule has 0 fully saturated rings. The highest BCUT2D eigenvalue weighted by Gasteiger charge is 2.17. The fraction of sp³-hybridized carbons (Fsp3) is 0.446. The van der Waals surface area contributed by atoms with E-state index in [0.717, 1.165) is 62.9 Å². The number of aliphatic imine (C=N–C) groups is 2. The highest BCUT2D eigenvalue weighted by molar-refractivity contribution is 5.99. The van der Waals surface area contributed by atoms with Gasteiger partial charge >= 0.3 is 0 Å². The standard InChI is InChI=1S/C56H73N3O/c1-6-7-8-9-10-11-12-13-14-15-16-17-18-19-20-21-22-29-39-60-56-52(48-31-25-23-26-32-48)42-51(43-53(56)49-33-27-24-28-34-49)58-47(5)54-36-30-35-50(59-54)37-38-57-55-45(3)40-44(2)41-46(55)4/h23-28,30-36,38,40-43H,6-22,29,37,39H2,1-5H3. The largest absolute Gasteiger partial charge is 0.492 e. The van der Waals surface area contributed by atoms with E-state index in [0.29, 0.717) is 13.0 Å². The highest BCUT2D eigenvalue weighted by atomic mass is 16.5. The van der Waals surface area contributed by atoms with Crippen LogP contribution in [0, 0.1) is 20.8 Å². The van der Waals surface area contributed by atoms with Crippen LogP contribution in [0.3, 0.4) is 0 Å². The maximum atomic E-state index is 6.78. The van der Waals surface area contributed by atoms with Gasteiger partial charge in [-0.2, -0.15) is 0 Å². The molecule has 60 heavy (non-hydrogen) atoms. The highest BCUT2D eigenvalue weighted by Crippen LogP contribution is 2.43. The number of ether oxygens (including phenoxy) is 1. The zero-order valence-electron chi connectivity index (χ0n) is 37.8. The summed E-state index contributed by atoms with van der Waals surface area (Å²) in [5, 5.41) is 0. The van der Waals surface area contributed by atoms with Crippen molar-refractivity contribution in [3.8, 4) is 28.0 Å². The molecule has 0 aliphatic rings. The van der Waals surface area contributed by atoms with Gasteiger partial charge in [-0.3, -0.25) is 15.0 Å². The molecular weight excluding hydrogens is 731 g/mol. The van der Waals surface area contributed by atoms with Crippen LogP contribution in [-0.4, -0.2) is 23.5 Å². The first-order valence-electron chi connectivity index (χ1n) is 23.5. The van der Waals surface area contributed by atoms with Gasteiger partial charge in [-0.25, -0.2) is 0 Å². The number of aryl methyl sites for hydroxylation is 3. The quantitative estimate of drug-likeness (QED) is 0.0392. The molecule has 0 spiro atoms.